The smallest absolute Gasteiger partial charge is 0.233 e. The Morgan fingerprint density at radius 1 is 0.519 bits per heavy atom. The molecule has 0 amide bonds. The van der Waals surface area contributed by atoms with Crippen molar-refractivity contribution in [1.29, 1.82) is 0 Å². The molecule has 0 atom stereocenters. The monoisotopic (exact) mass is 426 g/mol. The molecule has 3 aromatic carbocycles. The molecule has 3 aromatic rings. The summed E-state index contributed by atoms with van der Waals surface area (Å²) in [5.41, 5.74) is 4.00. The first-order valence-electron chi connectivity index (χ1n) is 9.78. The van der Waals surface area contributed by atoms with Crippen LogP contribution < -0.4 is 45.9 Å². The Morgan fingerprint density at radius 3 is 0.963 bits per heavy atom. The molecule has 2 radical (unpaired) electrons. The van der Waals surface area contributed by atoms with E-state index in [4.69, 9.17) is 0 Å². The van der Waals surface area contributed by atoms with E-state index in [2.05, 4.69) is 112 Å². The first kappa shape index (κ1) is 24.3. The summed E-state index contributed by atoms with van der Waals surface area (Å²) in [6.45, 7) is 7.32. The Bertz CT molecular complexity index is 616. The Labute approximate surface area is 193 Å². The first-order valence-corrected chi connectivity index (χ1v) is 14.2. The molecule has 0 heterocycles. The second kappa shape index (κ2) is 14.3. The van der Waals surface area contributed by atoms with E-state index < -0.39 is 14.3 Å². The molecule has 0 aromatic heterocycles. The standard InChI is InChI=1S/C18H15B.C6H15Ge.Na/c1-4-10-16(11-5-1)19(17-12-6-2-7-13-17)18-14-8-3-9-15-18;1-4-7(5-2)6-3;/h1-15H;4-6H2,1-3H3;/q-1;;+1. The molecule has 0 saturated carbocycles. The third-order valence-corrected chi connectivity index (χ3v) is 11.2. The normalized spacial score (nSPS) is 10.1. The molecule has 0 saturated heterocycles. The molecule has 0 aliphatic rings. The van der Waals surface area contributed by atoms with Crippen LogP contribution in [-0.2, 0) is 0 Å². The molecule has 0 spiro atoms. The molecule has 27 heavy (non-hydrogen) atoms. The maximum atomic E-state index is 2.34. The molecule has 0 nitrogen and oxygen atoms in total. The van der Waals surface area contributed by atoms with Gasteiger partial charge in [0.15, 0.2) is 0 Å². The van der Waals surface area contributed by atoms with E-state index in [9.17, 15) is 0 Å². The summed E-state index contributed by atoms with van der Waals surface area (Å²) < 4.78 is 0. The Hall–Kier alpha value is -0.732. The molecule has 0 aliphatic heterocycles. The van der Waals surface area contributed by atoms with Crippen molar-refractivity contribution in [2.24, 2.45) is 0 Å². The van der Waals surface area contributed by atoms with Gasteiger partial charge in [0.05, 0.1) is 0 Å². The summed E-state index contributed by atoms with van der Waals surface area (Å²) in [5, 5.41) is 4.56. The van der Waals surface area contributed by atoms with Crippen LogP contribution in [-0.4, -0.2) is 21.1 Å². The maximum absolute atomic E-state index is 2.34. The van der Waals surface area contributed by atoms with Crippen LogP contribution in [0.15, 0.2) is 91.0 Å². The number of hydrogen-bond acceptors (Lipinski definition) is 0. The van der Waals surface area contributed by atoms with Gasteiger partial charge < -0.3 is 0 Å². The summed E-state index contributed by atoms with van der Waals surface area (Å²) in [5.74, 6) is 0. The van der Waals surface area contributed by atoms with Gasteiger partial charge >= 0.3 is 80.4 Å². The molecule has 0 N–H and O–H groups in total. The molecule has 134 valence electrons. The van der Waals surface area contributed by atoms with Gasteiger partial charge in [-0.2, -0.15) is 0 Å². The largest absolute Gasteiger partial charge is 1.00 e. The van der Waals surface area contributed by atoms with Crippen LogP contribution in [0.3, 0.4) is 0 Å². The minimum Gasteiger partial charge on any atom is -0.233 e. The Kier molecular flexibility index (Phi) is 12.9. The van der Waals surface area contributed by atoms with Gasteiger partial charge in [-0.05, 0) is 6.71 Å². The fraction of sp³-hybridized carbons (Fsp3) is 0.250. The zero-order valence-electron chi connectivity index (χ0n) is 17.4. The first-order chi connectivity index (χ1) is 12.8. The summed E-state index contributed by atoms with van der Waals surface area (Å²) in [6, 6.07) is 32.0. The molecular weight excluding hydrogens is 395 g/mol. The minimum absolute atomic E-state index is 0. The van der Waals surface area contributed by atoms with Gasteiger partial charge in [0.2, 0.25) is 0 Å². The summed E-state index contributed by atoms with van der Waals surface area (Å²) in [4.78, 5) is 0. The zero-order valence-corrected chi connectivity index (χ0v) is 21.5. The van der Waals surface area contributed by atoms with E-state index in [1.807, 2.05) is 0 Å². The van der Waals surface area contributed by atoms with Crippen LogP contribution in [0.25, 0.3) is 0 Å². The Balaban J connectivity index is 0.000000395. The van der Waals surface area contributed by atoms with E-state index in [-0.39, 0.29) is 29.6 Å². The summed E-state index contributed by atoms with van der Waals surface area (Å²) in [6.07, 6.45) is 0. The molecule has 0 aliphatic carbocycles. The van der Waals surface area contributed by atoms with Crippen LogP contribution >= 0.6 is 0 Å². The van der Waals surface area contributed by atoms with Crippen LogP contribution in [0.2, 0.25) is 15.8 Å². The van der Waals surface area contributed by atoms with Gasteiger partial charge in [-0.25, -0.2) is 16.4 Å². The van der Waals surface area contributed by atoms with Crippen LogP contribution in [0.4, 0.5) is 0 Å². The molecule has 3 heteroatoms. The molecule has 3 rings (SSSR count). The number of benzene rings is 3. The van der Waals surface area contributed by atoms with Crippen molar-refractivity contribution in [3.05, 3.63) is 91.0 Å². The van der Waals surface area contributed by atoms with Crippen molar-refractivity contribution in [2.45, 2.75) is 36.5 Å². The van der Waals surface area contributed by atoms with Crippen LogP contribution in [0.1, 0.15) is 20.8 Å². The molecule has 0 unspecified atom stereocenters. The second-order valence-electron chi connectivity index (χ2n) is 6.48. The predicted molar refractivity (Wildman–Crippen MR) is 121 cm³/mol. The molecule has 0 fully saturated rings. The van der Waals surface area contributed by atoms with Crippen molar-refractivity contribution in [1.82, 2.24) is 0 Å². The van der Waals surface area contributed by atoms with E-state index in [1.54, 1.807) is 0 Å². The van der Waals surface area contributed by atoms with E-state index in [0.29, 0.717) is 6.71 Å². The summed E-state index contributed by atoms with van der Waals surface area (Å²) in [7, 11) is 0. The maximum Gasteiger partial charge on any atom is 1.00 e. The molecule has 0 bridgehead atoms. The Morgan fingerprint density at radius 2 is 0.778 bits per heavy atom. The van der Waals surface area contributed by atoms with Gasteiger partial charge in [0.25, 0.3) is 0 Å². The van der Waals surface area contributed by atoms with Crippen molar-refractivity contribution >= 4 is 37.4 Å². The number of hydrogen-bond donors (Lipinski definition) is 0. The second-order valence-corrected chi connectivity index (χ2v) is 14.1. The topological polar surface area (TPSA) is 0 Å². The van der Waals surface area contributed by atoms with Crippen LogP contribution in [0.5, 0.6) is 0 Å². The minimum atomic E-state index is -0.403. The van der Waals surface area contributed by atoms with Gasteiger partial charge in [-0.1, -0.05) is 91.0 Å². The SMILES string of the molecule is C[CH2][Ge]([CH2]C)[CH2]C.[Na+].c1ccc([B-](c2ccccc2)c2ccccc2)cc1. The van der Waals surface area contributed by atoms with Gasteiger partial charge in [-0.15, -0.1) is 0 Å². The van der Waals surface area contributed by atoms with Crippen molar-refractivity contribution in [3.8, 4) is 0 Å². The zero-order chi connectivity index (χ0) is 18.6. The predicted octanol–water partition coefficient (Wildman–Crippen LogP) is 1.75. The van der Waals surface area contributed by atoms with E-state index in [1.165, 1.54) is 32.1 Å². The van der Waals surface area contributed by atoms with Crippen molar-refractivity contribution in [3.63, 3.8) is 0 Å². The van der Waals surface area contributed by atoms with Gasteiger partial charge in [0, 0.05) is 0 Å². The molecular formula is C24H30BGeNa. The van der Waals surface area contributed by atoms with Gasteiger partial charge in [-0.3, -0.25) is 0 Å². The van der Waals surface area contributed by atoms with E-state index in [0.717, 1.165) is 0 Å². The number of rotatable bonds is 6. The average molecular weight is 425 g/mol. The van der Waals surface area contributed by atoms with Crippen molar-refractivity contribution < 1.29 is 29.6 Å². The quantitative estimate of drug-likeness (QED) is 0.529. The van der Waals surface area contributed by atoms with E-state index >= 15 is 0 Å². The van der Waals surface area contributed by atoms with Crippen LogP contribution in [0, 0.1) is 0 Å². The fourth-order valence-corrected chi connectivity index (χ4v) is 6.41. The van der Waals surface area contributed by atoms with Gasteiger partial charge in [0.1, 0.15) is 0 Å². The fourth-order valence-electron chi connectivity index (χ4n) is 3.26. The average Bonchev–Trinajstić information content (AvgIpc) is 2.72. The third kappa shape index (κ3) is 8.03. The van der Waals surface area contributed by atoms with Crippen molar-refractivity contribution in [2.75, 3.05) is 0 Å². The summed E-state index contributed by atoms with van der Waals surface area (Å²) >= 11 is -0.403. The third-order valence-electron chi connectivity index (χ3n) is 4.90.